The molecule has 2 N–H and O–H groups in total. The summed E-state index contributed by atoms with van der Waals surface area (Å²) in [4.78, 5) is 39.6. The lowest BCUT2D eigenvalue weighted by Crippen LogP contribution is -2.53. The van der Waals surface area contributed by atoms with E-state index in [1.165, 1.54) is 4.90 Å². The predicted molar refractivity (Wildman–Crippen MR) is 123 cm³/mol. The van der Waals surface area contributed by atoms with E-state index in [-0.39, 0.29) is 25.3 Å². The van der Waals surface area contributed by atoms with Crippen molar-refractivity contribution < 1.29 is 33.1 Å². The van der Waals surface area contributed by atoms with Crippen LogP contribution < -0.4 is 10.2 Å². The van der Waals surface area contributed by atoms with Gasteiger partial charge in [-0.25, -0.2) is 0 Å². The first kappa shape index (κ1) is 25.4. The van der Waals surface area contributed by atoms with Crippen LogP contribution in [0.15, 0.2) is 24.3 Å². The van der Waals surface area contributed by atoms with E-state index >= 15 is 0 Å². The fraction of sp³-hybridized carbons (Fsp3) is 0.609. The van der Waals surface area contributed by atoms with Gasteiger partial charge in [-0.2, -0.15) is 0 Å². The number of aliphatic carboxylic acids is 1. The molecule has 0 saturated heterocycles. The number of aryl methyl sites for hydroxylation is 1. The Bertz CT molecular complexity index is 919. The van der Waals surface area contributed by atoms with E-state index in [0.717, 1.165) is 18.4 Å². The third-order valence-corrected chi connectivity index (χ3v) is 8.63. The van der Waals surface area contributed by atoms with Gasteiger partial charge in [0.15, 0.2) is 0 Å². The minimum atomic E-state index is -3.48. The zero-order valence-corrected chi connectivity index (χ0v) is 20.1. The molecule has 0 radical (unpaired) electrons. The van der Waals surface area contributed by atoms with E-state index in [2.05, 4.69) is 5.32 Å². The maximum absolute atomic E-state index is 13.6. The largest absolute Gasteiger partial charge is 0.480 e. The van der Waals surface area contributed by atoms with Crippen LogP contribution in [-0.4, -0.2) is 54.9 Å². The van der Waals surface area contributed by atoms with Crippen molar-refractivity contribution in [2.75, 3.05) is 30.8 Å². The molecule has 0 spiro atoms. The third-order valence-electron chi connectivity index (χ3n) is 6.34. The zero-order valence-electron chi connectivity index (χ0n) is 19.2. The summed E-state index contributed by atoms with van der Waals surface area (Å²) in [6.45, 7) is 3.38. The molecule has 1 aliphatic heterocycles. The van der Waals surface area contributed by atoms with Crippen LogP contribution in [0.5, 0.6) is 0 Å². The Morgan fingerprint density at radius 1 is 1.18 bits per heavy atom. The number of para-hydroxylation sites is 1. The SMILES string of the molecule is CCOP(=O)(CC1(C(=O)N[C@H]2CCc3ccccc3N(CC(=O)O)C2=O)CCCC1)OCC. The fourth-order valence-electron chi connectivity index (χ4n) is 4.86. The molecular weight excluding hydrogens is 447 g/mol. The highest BCUT2D eigenvalue weighted by Crippen LogP contribution is 2.56. The van der Waals surface area contributed by atoms with E-state index in [1.807, 2.05) is 12.1 Å². The van der Waals surface area contributed by atoms with E-state index in [1.54, 1.807) is 26.0 Å². The predicted octanol–water partition coefficient (Wildman–Crippen LogP) is 3.36. The monoisotopic (exact) mass is 480 g/mol. The van der Waals surface area contributed by atoms with Crippen LogP contribution in [0.1, 0.15) is 51.5 Å². The van der Waals surface area contributed by atoms with Crippen LogP contribution in [0, 0.1) is 5.41 Å². The van der Waals surface area contributed by atoms with Gasteiger partial charge in [0, 0.05) is 5.69 Å². The molecule has 1 aromatic rings. The molecule has 1 aromatic carbocycles. The maximum Gasteiger partial charge on any atom is 0.331 e. The van der Waals surface area contributed by atoms with Crippen LogP contribution in [0.2, 0.25) is 0 Å². The summed E-state index contributed by atoms with van der Waals surface area (Å²) < 4.78 is 24.2. The topological polar surface area (TPSA) is 122 Å². The first-order valence-corrected chi connectivity index (χ1v) is 13.3. The molecule has 0 bridgehead atoms. The molecule has 182 valence electrons. The van der Waals surface area contributed by atoms with Crippen LogP contribution in [0.3, 0.4) is 0 Å². The lowest BCUT2D eigenvalue weighted by molar-refractivity contribution is -0.137. The van der Waals surface area contributed by atoms with E-state index in [9.17, 15) is 24.1 Å². The molecule has 2 aliphatic rings. The second kappa shape index (κ2) is 10.8. The molecule has 2 amide bonds. The number of carboxylic acid groups (broad SMARTS) is 1. The molecule has 1 heterocycles. The van der Waals surface area contributed by atoms with Crippen molar-refractivity contribution in [1.29, 1.82) is 0 Å². The first-order valence-electron chi connectivity index (χ1n) is 11.5. The number of rotatable bonds is 10. The number of amides is 2. The Balaban J connectivity index is 1.84. The summed E-state index contributed by atoms with van der Waals surface area (Å²) in [6, 6.07) is 6.31. The Morgan fingerprint density at radius 2 is 1.82 bits per heavy atom. The number of carboxylic acids is 1. The Kier molecular flexibility index (Phi) is 8.32. The molecule has 1 aliphatic carbocycles. The molecule has 1 atom stereocenters. The van der Waals surface area contributed by atoms with Crippen molar-refractivity contribution in [2.24, 2.45) is 5.41 Å². The van der Waals surface area contributed by atoms with Crippen LogP contribution in [0.25, 0.3) is 0 Å². The summed E-state index contributed by atoms with van der Waals surface area (Å²) in [6.07, 6.45) is 3.51. The molecule has 3 rings (SSSR count). The quantitative estimate of drug-likeness (QED) is 0.493. The minimum absolute atomic E-state index is 0.0342. The average Bonchev–Trinajstić information content (AvgIpc) is 3.19. The molecule has 10 heteroatoms. The Hall–Kier alpha value is -2.22. The van der Waals surface area contributed by atoms with Gasteiger partial charge in [0.25, 0.3) is 0 Å². The van der Waals surface area contributed by atoms with Gasteiger partial charge in [0.1, 0.15) is 12.6 Å². The highest BCUT2D eigenvalue weighted by molar-refractivity contribution is 7.53. The van der Waals surface area contributed by atoms with Crippen LogP contribution in [-0.2, 0) is 34.4 Å². The summed E-state index contributed by atoms with van der Waals surface area (Å²) in [5.74, 6) is -1.94. The number of fused-ring (bicyclic) bond motifs is 1. The zero-order chi connectivity index (χ0) is 24.1. The van der Waals surface area contributed by atoms with Crippen molar-refractivity contribution in [3.05, 3.63) is 29.8 Å². The smallest absolute Gasteiger partial charge is 0.331 e. The van der Waals surface area contributed by atoms with Gasteiger partial charge < -0.3 is 19.5 Å². The van der Waals surface area contributed by atoms with Gasteiger partial charge in [-0.05, 0) is 51.2 Å². The summed E-state index contributed by atoms with van der Waals surface area (Å²) in [5.41, 5.74) is 0.461. The van der Waals surface area contributed by atoms with E-state index in [4.69, 9.17) is 9.05 Å². The number of carbonyl (C=O) groups excluding carboxylic acids is 2. The van der Waals surface area contributed by atoms with Gasteiger partial charge in [-0.3, -0.25) is 23.8 Å². The fourth-order valence-corrected chi connectivity index (χ4v) is 7.11. The number of hydrogen-bond donors (Lipinski definition) is 2. The standard InChI is InChI=1S/C23H33N2O7P/c1-3-31-33(30,32-4-2)16-23(13-7-8-14-23)22(29)24-18-12-11-17-9-5-6-10-19(17)25(21(18)28)15-20(26)27/h5-6,9-10,18H,3-4,7-8,11-16H2,1-2H3,(H,24,29)(H,26,27)/t18-/m0/s1. The second-order valence-corrected chi connectivity index (χ2v) is 10.7. The highest BCUT2D eigenvalue weighted by Gasteiger charge is 2.48. The third kappa shape index (κ3) is 5.83. The number of benzene rings is 1. The van der Waals surface area contributed by atoms with Gasteiger partial charge in [0.05, 0.1) is 24.8 Å². The van der Waals surface area contributed by atoms with Crippen LogP contribution in [0.4, 0.5) is 5.69 Å². The van der Waals surface area contributed by atoms with Crippen molar-refractivity contribution in [3.8, 4) is 0 Å². The molecule has 33 heavy (non-hydrogen) atoms. The first-order chi connectivity index (χ1) is 15.7. The van der Waals surface area contributed by atoms with E-state index < -0.39 is 37.5 Å². The minimum Gasteiger partial charge on any atom is -0.480 e. The lowest BCUT2D eigenvalue weighted by atomic mass is 9.87. The van der Waals surface area contributed by atoms with Gasteiger partial charge >= 0.3 is 13.6 Å². The van der Waals surface area contributed by atoms with Gasteiger partial charge in [-0.1, -0.05) is 31.0 Å². The molecule has 1 saturated carbocycles. The molecule has 0 aromatic heterocycles. The maximum atomic E-state index is 13.6. The highest BCUT2D eigenvalue weighted by atomic mass is 31.2. The lowest BCUT2D eigenvalue weighted by Gasteiger charge is -2.33. The Labute approximate surface area is 194 Å². The Morgan fingerprint density at radius 3 is 2.42 bits per heavy atom. The van der Waals surface area contributed by atoms with Crippen molar-refractivity contribution in [1.82, 2.24) is 5.32 Å². The van der Waals surface area contributed by atoms with Crippen molar-refractivity contribution >= 4 is 31.1 Å². The summed E-state index contributed by atoms with van der Waals surface area (Å²) >= 11 is 0. The van der Waals surface area contributed by atoms with Crippen LogP contribution >= 0.6 is 7.60 Å². The molecule has 1 fully saturated rings. The summed E-state index contributed by atoms with van der Waals surface area (Å²) in [7, 11) is -3.48. The normalized spacial score (nSPS) is 20.2. The van der Waals surface area contributed by atoms with Gasteiger partial charge in [0.2, 0.25) is 11.8 Å². The van der Waals surface area contributed by atoms with E-state index in [0.29, 0.717) is 31.4 Å². The van der Waals surface area contributed by atoms with Crippen molar-refractivity contribution in [3.63, 3.8) is 0 Å². The summed E-state index contributed by atoms with van der Waals surface area (Å²) in [5, 5.41) is 12.3. The molecule has 0 unspecified atom stereocenters. The number of anilines is 1. The number of nitrogens with one attached hydrogen (secondary N) is 1. The number of carbonyl (C=O) groups is 3. The molecule has 9 nitrogen and oxygen atoms in total. The second-order valence-electron chi connectivity index (χ2n) is 8.60. The number of nitrogens with zero attached hydrogens (tertiary/aromatic N) is 1. The van der Waals surface area contributed by atoms with Crippen molar-refractivity contribution in [2.45, 2.75) is 58.4 Å². The molecular formula is C23H33N2O7P. The van der Waals surface area contributed by atoms with Gasteiger partial charge in [-0.15, -0.1) is 0 Å². The average molecular weight is 480 g/mol. The number of hydrogen-bond acceptors (Lipinski definition) is 6.